The van der Waals surface area contributed by atoms with Crippen LogP contribution in [0.5, 0.6) is 0 Å². The summed E-state index contributed by atoms with van der Waals surface area (Å²) >= 11 is 0. The van der Waals surface area contributed by atoms with E-state index in [2.05, 4.69) is 10.1 Å². The number of ether oxygens (including phenoxy) is 1. The maximum atomic E-state index is 11.5. The minimum atomic E-state index is -0.386. The topological polar surface area (TPSA) is 58.6 Å². The summed E-state index contributed by atoms with van der Waals surface area (Å²) in [5.74, 6) is -0.345. The van der Waals surface area contributed by atoms with Gasteiger partial charge in [0.25, 0.3) is 0 Å². The SMILES string of the molecule is COC(=O)CN(C)C(=O)C1CNC1. The quantitative estimate of drug-likeness (QED) is 0.565. The maximum Gasteiger partial charge on any atom is 0.325 e. The number of methoxy groups -OCH3 is 1. The highest BCUT2D eigenvalue weighted by Crippen LogP contribution is 2.06. The molecule has 0 aromatic carbocycles. The number of rotatable bonds is 3. The van der Waals surface area contributed by atoms with Gasteiger partial charge in [0, 0.05) is 20.1 Å². The summed E-state index contributed by atoms with van der Waals surface area (Å²) in [4.78, 5) is 23.7. The van der Waals surface area contributed by atoms with Crippen LogP contribution in [0.2, 0.25) is 0 Å². The third-order valence-corrected chi connectivity index (χ3v) is 2.10. The van der Waals surface area contributed by atoms with Crippen molar-refractivity contribution in [2.45, 2.75) is 0 Å². The van der Waals surface area contributed by atoms with Gasteiger partial charge >= 0.3 is 5.97 Å². The van der Waals surface area contributed by atoms with Crippen LogP contribution in [0.3, 0.4) is 0 Å². The smallest absolute Gasteiger partial charge is 0.325 e. The standard InChI is InChI=1S/C8H14N2O3/c1-10(5-7(11)13-2)8(12)6-3-9-4-6/h6,9H,3-5H2,1-2H3. The highest BCUT2D eigenvalue weighted by atomic mass is 16.5. The van der Waals surface area contributed by atoms with Gasteiger partial charge in [0.1, 0.15) is 6.54 Å². The largest absolute Gasteiger partial charge is 0.468 e. The van der Waals surface area contributed by atoms with Gasteiger partial charge in [0.05, 0.1) is 13.0 Å². The fraction of sp³-hybridized carbons (Fsp3) is 0.750. The van der Waals surface area contributed by atoms with Crippen LogP contribution in [0.15, 0.2) is 0 Å². The Morgan fingerprint density at radius 3 is 2.54 bits per heavy atom. The molecule has 5 nitrogen and oxygen atoms in total. The molecule has 74 valence electrons. The summed E-state index contributed by atoms with van der Waals surface area (Å²) < 4.78 is 4.45. The molecule has 1 saturated heterocycles. The Hall–Kier alpha value is -1.10. The first kappa shape index (κ1) is 9.98. The fourth-order valence-corrected chi connectivity index (χ4v) is 1.11. The third-order valence-electron chi connectivity index (χ3n) is 2.10. The Morgan fingerprint density at radius 1 is 1.54 bits per heavy atom. The van der Waals surface area contributed by atoms with Crippen molar-refractivity contribution in [2.24, 2.45) is 5.92 Å². The van der Waals surface area contributed by atoms with E-state index in [9.17, 15) is 9.59 Å². The number of carbonyl (C=O) groups is 2. The Balaban J connectivity index is 2.33. The minimum Gasteiger partial charge on any atom is -0.468 e. The Kier molecular flexibility index (Phi) is 3.25. The predicted octanol–water partition coefficient (Wildman–Crippen LogP) is -1.16. The van der Waals surface area contributed by atoms with Crippen molar-refractivity contribution in [3.8, 4) is 0 Å². The first-order valence-corrected chi connectivity index (χ1v) is 4.17. The van der Waals surface area contributed by atoms with E-state index in [1.54, 1.807) is 7.05 Å². The lowest BCUT2D eigenvalue weighted by Crippen LogP contribution is -2.51. The van der Waals surface area contributed by atoms with E-state index in [4.69, 9.17) is 0 Å². The van der Waals surface area contributed by atoms with Crippen LogP contribution >= 0.6 is 0 Å². The molecular weight excluding hydrogens is 172 g/mol. The summed E-state index contributed by atoms with van der Waals surface area (Å²) in [5.41, 5.74) is 0. The van der Waals surface area contributed by atoms with Crippen LogP contribution in [0.1, 0.15) is 0 Å². The van der Waals surface area contributed by atoms with E-state index in [-0.39, 0.29) is 24.3 Å². The molecule has 0 aromatic heterocycles. The number of nitrogens with zero attached hydrogens (tertiary/aromatic N) is 1. The van der Waals surface area contributed by atoms with E-state index in [0.717, 1.165) is 0 Å². The summed E-state index contributed by atoms with van der Waals surface area (Å²) in [6.45, 7) is 1.46. The molecule has 1 fully saturated rings. The van der Waals surface area contributed by atoms with Crippen LogP contribution in [-0.2, 0) is 14.3 Å². The van der Waals surface area contributed by atoms with E-state index < -0.39 is 0 Å². The lowest BCUT2D eigenvalue weighted by atomic mass is 10.0. The first-order valence-electron chi connectivity index (χ1n) is 4.17. The van der Waals surface area contributed by atoms with Gasteiger partial charge in [-0.1, -0.05) is 0 Å². The molecule has 1 N–H and O–H groups in total. The number of hydrogen-bond donors (Lipinski definition) is 1. The predicted molar refractivity (Wildman–Crippen MR) is 46.0 cm³/mol. The van der Waals surface area contributed by atoms with Crippen molar-refractivity contribution in [1.82, 2.24) is 10.2 Å². The molecule has 1 heterocycles. The Morgan fingerprint density at radius 2 is 2.15 bits per heavy atom. The highest BCUT2D eigenvalue weighted by molar-refractivity contribution is 5.84. The molecule has 1 aliphatic heterocycles. The number of nitrogens with one attached hydrogen (secondary N) is 1. The summed E-state index contributed by atoms with van der Waals surface area (Å²) in [6.07, 6.45) is 0. The molecule has 0 bridgehead atoms. The molecule has 1 aliphatic rings. The second kappa shape index (κ2) is 4.23. The normalized spacial score (nSPS) is 16.2. The average molecular weight is 186 g/mol. The molecule has 0 radical (unpaired) electrons. The van der Waals surface area contributed by atoms with E-state index >= 15 is 0 Å². The average Bonchev–Trinajstić information content (AvgIpc) is 2.00. The van der Waals surface area contributed by atoms with Crippen molar-refractivity contribution in [3.63, 3.8) is 0 Å². The van der Waals surface area contributed by atoms with Crippen molar-refractivity contribution < 1.29 is 14.3 Å². The second-order valence-electron chi connectivity index (χ2n) is 3.13. The maximum absolute atomic E-state index is 11.5. The van der Waals surface area contributed by atoms with Crippen molar-refractivity contribution >= 4 is 11.9 Å². The van der Waals surface area contributed by atoms with Gasteiger partial charge in [-0.05, 0) is 0 Å². The Bertz CT molecular complexity index is 213. The highest BCUT2D eigenvalue weighted by Gasteiger charge is 2.28. The number of hydrogen-bond acceptors (Lipinski definition) is 4. The molecule has 0 aromatic rings. The van der Waals surface area contributed by atoms with Gasteiger partial charge in [0.15, 0.2) is 0 Å². The molecule has 1 amide bonds. The van der Waals surface area contributed by atoms with Crippen LogP contribution in [-0.4, -0.2) is 50.6 Å². The number of carbonyl (C=O) groups excluding carboxylic acids is 2. The van der Waals surface area contributed by atoms with E-state index in [1.807, 2.05) is 0 Å². The molecule has 5 heteroatoms. The van der Waals surface area contributed by atoms with Gasteiger partial charge < -0.3 is 15.0 Å². The van der Waals surface area contributed by atoms with Crippen LogP contribution < -0.4 is 5.32 Å². The lowest BCUT2D eigenvalue weighted by Gasteiger charge is -2.29. The van der Waals surface area contributed by atoms with Crippen LogP contribution in [0, 0.1) is 5.92 Å². The first-order chi connectivity index (χ1) is 6.15. The number of esters is 1. The molecular formula is C8H14N2O3. The molecule has 0 saturated carbocycles. The van der Waals surface area contributed by atoms with Crippen molar-refractivity contribution in [3.05, 3.63) is 0 Å². The fourth-order valence-electron chi connectivity index (χ4n) is 1.11. The van der Waals surface area contributed by atoms with Crippen LogP contribution in [0.25, 0.3) is 0 Å². The lowest BCUT2D eigenvalue weighted by molar-refractivity contribution is -0.148. The molecule has 13 heavy (non-hydrogen) atoms. The summed E-state index contributed by atoms with van der Waals surface area (Å²) in [6, 6.07) is 0. The minimum absolute atomic E-state index is 0.00384. The Labute approximate surface area is 77.0 Å². The van der Waals surface area contributed by atoms with Crippen molar-refractivity contribution in [2.75, 3.05) is 33.8 Å². The summed E-state index contributed by atoms with van der Waals surface area (Å²) in [7, 11) is 2.92. The zero-order chi connectivity index (χ0) is 9.84. The zero-order valence-electron chi connectivity index (χ0n) is 7.87. The van der Waals surface area contributed by atoms with Gasteiger partial charge in [-0.25, -0.2) is 0 Å². The summed E-state index contributed by atoms with van der Waals surface area (Å²) in [5, 5.41) is 3.00. The monoisotopic (exact) mass is 186 g/mol. The molecule has 0 aliphatic carbocycles. The third kappa shape index (κ3) is 2.42. The van der Waals surface area contributed by atoms with Gasteiger partial charge in [-0.3, -0.25) is 9.59 Å². The van der Waals surface area contributed by atoms with E-state index in [1.165, 1.54) is 12.0 Å². The van der Waals surface area contributed by atoms with Gasteiger partial charge in [-0.2, -0.15) is 0 Å². The zero-order valence-corrected chi connectivity index (χ0v) is 7.87. The molecule has 0 spiro atoms. The van der Waals surface area contributed by atoms with Crippen molar-refractivity contribution in [1.29, 1.82) is 0 Å². The molecule has 0 unspecified atom stereocenters. The molecule has 0 atom stereocenters. The number of amides is 1. The second-order valence-corrected chi connectivity index (χ2v) is 3.13. The molecule has 1 rings (SSSR count). The van der Waals surface area contributed by atoms with Crippen LogP contribution in [0.4, 0.5) is 0 Å². The van der Waals surface area contributed by atoms with E-state index in [0.29, 0.717) is 13.1 Å². The van der Waals surface area contributed by atoms with Gasteiger partial charge in [0.2, 0.25) is 5.91 Å². The number of likely N-dealkylation sites (N-methyl/N-ethyl adjacent to an activating group) is 1. The van der Waals surface area contributed by atoms with Gasteiger partial charge in [-0.15, -0.1) is 0 Å².